The smallest absolute Gasteiger partial charge is 0.472 e. The average Bonchev–Trinajstić information content (AvgIpc) is 3.40. The zero-order valence-electron chi connectivity index (χ0n) is 36.2. The van der Waals surface area contributed by atoms with E-state index >= 15 is 0 Å². The highest BCUT2D eigenvalue weighted by molar-refractivity contribution is 7.47. The van der Waals surface area contributed by atoms with Gasteiger partial charge in [-0.1, -0.05) is 135 Å². The number of allylic oxidation sites excluding steroid dienone is 1. The van der Waals surface area contributed by atoms with Gasteiger partial charge in [-0.05, 0) is 44.1 Å². The minimum absolute atomic E-state index is 0.0134. The average molecular weight is 819 g/mol. The molecule has 1 rings (SSSR count). The first kappa shape index (κ1) is 52.7. The van der Waals surface area contributed by atoms with Gasteiger partial charge in [-0.15, -0.1) is 0 Å². The van der Waals surface area contributed by atoms with Crippen LogP contribution in [0.15, 0.2) is 24.5 Å². The molecular formula is C44H85NO10P+. The molecule has 4 N–H and O–H groups in total. The number of ether oxygens (including phenoxy) is 2. The number of carbonyl (C=O) groups excluding carboxylic acids is 1. The molecule has 0 spiro atoms. The van der Waals surface area contributed by atoms with Crippen molar-refractivity contribution >= 4 is 13.8 Å². The van der Waals surface area contributed by atoms with Crippen molar-refractivity contribution in [2.24, 2.45) is 11.8 Å². The Morgan fingerprint density at radius 3 is 2.02 bits per heavy atom. The molecule has 1 saturated carbocycles. The van der Waals surface area contributed by atoms with Gasteiger partial charge in [0, 0.05) is 18.8 Å². The van der Waals surface area contributed by atoms with Crippen molar-refractivity contribution in [3.05, 3.63) is 24.5 Å². The van der Waals surface area contributed by atoms with E-state index in [1.165, 1.54) is 70.6 Å². The molecule has 1 fully saturated rings. The van der Waals surface area contributed by atoms with E-state index in [2.05, 4.69) is 13.8 Å². The third-order valence-electron chi connectivity index (χ3n) is 10.7. The van der Waals surface area contributed by atoms with Crippen molar-refractivity contribution in [3.8, 4) is 0 Å². The Morgan fingerprint density at radius 1 is 0.786 bits per heavy atom. The number of phosphoric acid groups is 1. The molecule has 330 valence electrons. The molecule has 0 heterocycles. The summed E-state index contributed by atoms with van der Waals surface area (Å²) in [5.74, 6) is -0.672. The van der Waals surface area contributed by atoms with Crippen molar-refractivity contribution in [2.45, 2.75) is 192 Å². The summed E-state index contributed by atoms with van der Waals surface area (Å²) in [6.45, 7) is 4.59. The number of carbonyl (C=O) groups is 1. The number of nitrogens with zero attached hydrogens (tertiary/aromatic N) is 1. The summed E-state index contributed by atoms with van der Waals surface area (Å²) < 4.78 is 34.7. The van der Waals surface area contributed by atoms with Crippen LogP contribution in [-0.4, -0.2) is 103 Å². The van der Waals surface area contributed by atoms with Crippen LogP contribution < -0.4 is 0 Å². The quantitative estimate of drug-likeness (QED) is 0.0119. The lowest BCUT2D eigenvalue weighted by molar-refractivity contribution is -0.870. The van der Waals surface area contributed by atoms with E-state index in [1.807, 2.05) is 33.3 Å². The maximum atomic E-state index is 12.8. The molecule has 56 heavy (non-hydrogen) atoms. The first-order valence-corrected chi connectivity index (χ1v) is 23.9. The van der Waals surface area contributed by atoms with Gasteiger partial charge in [0.05, 0.1) is 52.3 Å². The van der Waals surface area contributed by atoms with E-state index in [-0.39, 0.29) is 38.1 Å². The van der Waals surface area contributed by atoms with Gasteiger partial charge >= 0.3 is 13.8 Å². The lowest BCUT2D eigenvalue weighted by Crippen LogP contribution is -2.37. The van der Waals surface area contributed by atoms with Crippen molar-refractivity contribution in [1.82, 2.24) is 0 Å². The minimum Gasteiger partial charge on any atom is -0.498 e. The van der Waals surface area contributed by atoms with Crippen molar-refractivity contribution in [3.63, 3.8) is 0 Å². The second-order valence-corrected chi connectivity index (χ2v) is 18.6. The van der Waals surface area contributed by atoms with Crippen LogP contribution in [0.1, 0.15) is 168 Å². The van der Waals surface area contributed by atoms with Crippen molar-refractivity contribution in [1.29, 1.82) is 0 Å². The van der Waals surface area contributed by atoms with Gasteiger partial charge in [-0.25, -0.2) is 4.57 Å². The second kappa shape index (κ2) is 32.5. The van der Waals surface area contributed by atoms with E-state index in [1.54, 1.807) is 12.3 Å². The molecule has 11 nitrogen and oxygen atoms in total. The van der Waals surface area contributed by atoms with Crippen LogP contribution in [0.25, 0.3) is 0 Å². The van der Waals surface area contributed by atoms with Gasteiger partial charge in [0.15, 0.2) is 6.10 Å². The summed E-state index contributed by atoms with van der Waals surface area (Å²) in [6.07, 6.45) is 29.4. The van der Waals surface area contributed by atoms with Gasteiger partial charge in [0.1, 0.15) is 19.8 Å². The molecule has 0 saturated heterocycles. The molecule has 0 bridgehead atoms. The zero-order valence-corrected chi connectivity index (χ0v) is 37.1. The number of esters is 1. The Morgan fingerprint density at radius 2 is 1.38 bits per heavy atom. The molecule has 1 aliphatic carbocycles. The van der Waals surface area contributed by atoms with Crippen LogP contribution in [-0.2, 0) is 27.9 Å². The third-order valence-corrected chi connectivity index (χ3v) is 11.7. The number of aliphatic hydroxyl groups excluding tert-OH is 3. The van der Waals surface area contributed by atoms with Crippen LogP contribution in [0.5, 0.6) is 0 Å². The van der Waals surface area contributed by atoms with E-state index in [4.69, 9.17) is 18.5 Å². The summed E-state index contributed by atoms with van der Waals surface area (Å²) in [4.78, 5) is 23.0. The number of unbranched alkanes of at least 4 members (excludes halogenated alkanes) is 17. The molecule has 0 amide bonds. The van der Waals surface area contributed by atoms with E-state index in [0.717, 1.165) is 57.8 Å². The van der Waals surface area contributed by atoms with E-state index in [0.29, 0.717) is 30.3 Å². The third kappa shape index (κ3) is 29.0. The topological polar surface area (TPSA) is 152 Å². The van der Waals surface area contributed by atoms with Crippen LogP contribution >= 0.6 is 7.82 Å². The Balaban J connectivity index is 2.45. The molecule has 0 aromatic rings. The first-order chi connectivity index (χ1) is 26.8. The highest BCUT2D eigenvalue weighted by Gasteiger charge is 2.39. The standard InChI is InChI=1S/C44H84NO10P/c1-6-8-10-11-12-13-14-15-16-17-18-19-22-26-33-52-36-39(37-54-56(50,51)53-34-32-45(3,4)5)55-44(49)29-25-21-20-24-28-40-41(43(48)35-42(40)47)31-30-38(46)27-23-9-7-2/h26,30-31,33,38-43,46-48H,6-25,27-29,32,34-37H2,1-5H3/p+1/b31-30+,33-26+/t38-,39+,40+,41+,42-,43+/m0/s1. The molecule has 1 unspecified atom stereocenters. The number of quaternary nitrogens is 1. The highest BCUT2D eigenvalue weighted by atomic mass is 31.2. The molecule has 0 aromatic heterocycles. The van der Waals surface area contributed by atoms with E-state index in [9.17, 15) is 29.6 Å². The molecule has 0 aromatic carbocycles. The van der Waals surface area contributed by atoms with Crippen LogP contribution in [0, 0.1) is 11.8 Å². The largest absolute Gasteiger partial charge is 0.498 e. The SMILES string of the molecule is CCCCCCCCCCCCCC/C=C/OC[C@H](COP(=O)(O)OCC[N+](C)(C)C)OC(=O)CCCCCC[C@@H]1[C@@H](/C=C/[C@@H](O)CCCCC)[C@H](O)C[C@@H]1O. The summed E-state index contributed by atoms with van der Waals surface area (Å²) in [7, 11) is 1.51. The molecule has 0 radical (unpaired) electrons. The highest BCUT2D eigenvalue weighted by Crippen LogP contribution is 2.43. The summed E-state index contributed by atoms with van der Waals surface area (Å²) in [5, 5.41) is 31.4. The Bertz CT molecular complexity index is 1070. The van der Waals surface area contributed by atoms with Crippen LogP contribution in [0.2, 0.25) is 0 Å². The minimum atomic E-state index is -4.35. The number of aliphatic hydroxyl groups is 3. The lowest BCUT2D eigenvalue weighted by Gasteiger charge is -2.24. The number of hydrogen-bond acceptors (Lipinski definition) is 9. The zero-order chi connectivity index (χ0) is 41.5. The number of rotatable bonds is 37. The fourth-order valence-electron chi connectivity index (χ4n) is 7.14. The number of likely N-dealkylation sites (N-methyl/N-ethyl adjacent to an activating group) is 1. The predicted molar refractivity (Wildman–Crippen MR) is 226 cm³/mol. The Labute approximate surface area is 341 Å². The molecule has 12 heteroatoms. The maximum absolute atomic E-state index is 12.8. The van der Waals surface area contributed by atoms with Crippen molar-refractivity contribution in [2.75, 3.05) is 47.5 Å². The maximum Gasteiger partial charge on any atom is 0.472 e. The van der Waals surface area contributed by atoms with Crippen LogP contribution in [0.4, 0.5) is 0 Å². The monoisotopic (exact) mass is 819 g/mol. The molecule has 1 aliphatic rings. The van der Waals surface area contributed by atoms with Gasteiger partial charge in [0.25, 0.3) is 0 Å². The molecular weight excluding hydrogens is 733 g/mol. The first-order valence-electron chi connectivity index (χ1n) is 22.4. The lowest BCUT2D eigenvalue weighted by atomic mass is 9.88. The Hall–Kier alpha value is -1.30. The second-order valence-electron chi connectivity index (χ2n) is 17.1. The normalized spacial score (nSPS) is 21.2. The number of hydrogen-bond donors (Lipinski definition) is 4. The molecule has 0 aliphatic heterocycles. The fourth-order valence-corrected chi connectivity index (χ4v) is 7.89. The van der Waals surface area contributed by atoms with Crippen LogP contribution in [0.3, 0.4) is 0 Å². The van der Waals surface area contributed by atoms with Gasteiger partial charge in [0.2, 0.25) is 0 Å². The summed E-state index contributed by atoms with van der Waals surface area (Å²) in [5.41, 5.74) is 0. The predicted octanol–water partition coefficient (Wildman–Crippen LogP) is 9.56. The van der Waals surface area contributed by atoms with E-state index < -0.39 is 38.2 Å². The van der Waals surface area contributed by atoms with Crippen molar-refractivity contribution < 1.29 is 52.6 Å². The van der Waals surface area contributed by atoms with Gasteiger partial charge in [-0.3, -0.25) is 13.8 Å². The molecule has 7 atom stereocenters. The fraction of sp³-hybridized carbons (Fsp3) is 0.886. The Kier molecular flexibility index (Phi) is 30.6. The summed E-state index contributed by atoms with van der Waals surface area (Å²) in [6, 6.07) is 0. The number of phosphoric ester groups is 1. The van der Waals surface area contributed by atoms with Gasteiger partial charge < -0.3 is 34.2 Å². The summed E-state index contributed by atoms with van der Waals surface area (Å²) >= 11 is 0. The van der Waals surface area contributed by atoms with Gasteiger partial charge in [-0.2, -0.15) is 0 Å².